The molecule has 5 rings (SSSR count). The van der Waals surface area contributed by atoms with E-state index in [0.717, 1.165) is 21.0 Å². The highest BCUT2D eigenvalue weighted by Crippen LogP contribution is 2.52. The maximum absolute atomic E-state index is 12.8. The van der Waals surface area contributed by atoms with Crippen LogP contribution in [-0.2, 0) is 0 Å². The molecule has 31 heavy (non-hydrogen) atoms. The van der Waals surface area contributed by atoms with E-state index in [0.29, 0.717) is 11.1 Å². The number of ketones is 1. The van der Waals surface area contributed by atoms with Crippen LogP contribution in [-0.4, -0.2) is 5.78 Å². The third kappa shape index (κ3) is 3.92. The first kappa shape index (κ1) is 19.4. The van der Waals surface area contributed by atoms with Crippen molar-refractivity contribution in [2.24, 2.45) is 0 Å². The standard InChI is InChI=1S/C28H22O2S/c1-20-11-15-24(16-12-20)31(27-19-23-9-5-6-10-26(23)30-27)25-17-13-22(14-18-25)28(29)21-7-3-2-4-8-21/h2-19,31H,1H3. The molecular weight excluding hydrogens is 400 g/mol. The van der Waals surface area contributed by atoms with Crippen LogP contribution in [0.1, 0.15) is 21.5 Å². The smallest absolute Gasteiger partial charge is 0.193 e. The minimum Gasteiger partial charge on any atom is -0.451 e. The summed E-state index contributed by atoms with van der Waals surface area (Å²) in [7, 11) is -0.869. The molecular formula is C28H22O2S. The average Bonchev–Trinajstić information content (AvgIpc) is 3.25. The van der Waals surface area contributed by atoms with Gasteiger partial charge < -0.3 is 4.42 Å². The van der Waals surface area contributed by atoms with E-state index in [1.165, 1.54) is 10.5 Å². The van der Waals surface area contributed by atoms with E-state index in [4.69, 9.17) is 4.42 Å². The maximum Gasteiger partial charge on any atom is 0.193 e. The number of rotatable bonds is 5. The summed E-state index contributed by atoms with van der Waals surface area (Å²) in [6.07, 6.45) is 0. The van der Waals surface area contributed by atoms with Crippen LogP contribution in [0.4, 0.5) is 0 Å². The Kier molecular flexibility index (Phi) is 5.19. The summed E-state index contributed by atoms with van der Waals surface area (Å²) in [4.78, 5) is 15.2. The van der Waals surface area contributed by atoms with Crippen LogP contribution in [0.3, 0.4) is 0 Å². The molecule has 0 spiro atoms. The predicted molar refractivity (Wildman–Crippen MR) is 127 cm³/mol. The second-order valence-corrected chi connectivity index (χ2v) is 9.68. The highest BCUT2D eigenvalue weighted by atomic mass is 32.2. The van der Waals surface area contributed by atoms with Gasteiger partial charge in [0.2, 0.25) is 0 Å². The molecule has 3 heteroatoms. The largest absolute Gasteiger partial charge is 0.451 e. The molecule has 1 atom stereocenters. The average molecular weight is 423 g/mol. The molecule has 0 aliphatic heterocycles. The number of furan rings is 1. The first-order valence-electron chi connectivity index (χ1n) is 10.2. The third-order valence-corrected chi connectivity index (χ3v) is 7.64. The lowest BCUT2D eigenvalue weighted by Crippen LogP contribution is -2.00. The molecule has 0 saturated carbocycles. The first-order valence-corrected chi connectivity index (χ1v) is 11.6. The van der Waals surface area contributed by atoms with Crippen LogP contribution in [0.5, 0.6) is 0 Å². The van der Waals surface area contributed by atoms with Gasteiger partial charge in [0.25, 0.3) is 0 Å². The summed E-state index contributed by atoms with van der Waals surface area (Å²) in [6.45, 7) is 2.09. The molecule has 1 unspecified atom stereocenters. The maximum atomic E-state index is 12.8. The number of thiol groups is 1. The summed E-state index contributed by atoms with van der Waals surface area (Å²) in [6, 6.07) is 36.3. The summed E-state index contributed by atoms with van der Waals surface area (Å²) >= 11 is 0. The molecule has 2 nitrogen and oxygen atoms in total. The van der Waals surface area contributed by atoms with E-state index in [2.05, 4.69) is 55.5 Å². The van der Waals surface area contributed by atoms with Gasteiger partial charge in [-0.05, 0) is 65.2 Å². The quantitative estimate of drug-likeness (QED) is 0.235. The van der Waals surface area contributed by atoms with Gasteiger partial charge in [-0.2, -0.15) is 0 Å². The van der Waals surface area contributed by atoms with E-state index in [1.54, 1.807) is 0 Å². The van der Waals surface area contributed by atoms with Crippen molar-refractivity contribution in [1.82, 2.24) is 0 Å². The fraction of sp³-hybridized carbons (Fsp3) is 0.0357. The topological polar surface area (TPSA) is 30.2 Å². The summed E-state index contributed by atoms with van der Waals surface area (Å²) < 4.78 is 6.28. The van der Waals surface area contributed by atoms with Gasteiger partial charge >= 0.3 is 0 Å². The zero-order valence-corrected chi connectivity index (χ0v) is 18.1. The normalized spacial score (nSPS) is 12.6. The van der Waals surface area contributed by atoms with E-state index in [9.17, 15) is 4.79 Å². The number of para-hydroxylation sites is 1. The van der Waals surface area contributed by atoms with Crippen LogP contribution >= 0.6 is 10.9 Å². The van der Waals surface area contributed by atoms with E-state index >= 15 is 0 Å². The molecule has 1 heterocycles. The third-order valence-electron chi connectivity index (χ3n) is 5.35. The van der Waals surface area contributed by atoms with Gasteiger partial charge in [0.05, 0.1) is 0 Å². The number of carbonyl (C=O) groups excluding carboxylic acids is 1. The first-order chi connectivity index (χ1) is 15.2. The van der Waals surface area contributed by atoms with Crippen molar-refractivity contribution < 1.29 is 9.21 Å². The predicted octanol–water partition coefficient (Wildman–Crippen LogP) is 7.45. The number of fused-ring (bicyclic) bond motifs is 1. The molecule has 0 fully saturated rings. The Hall–Kier alpha value is -3.56. The number of benzene rings is 4. The molecule has 0 amide bonds. The second-order valence-electron chi connectivity index (χ2n) is 7.54. The van der Waals surface area contributed by atoms with Gasteiger partial charge in [-0.1, -0.05) is 66.2 Å². The van der Waals surface area contributed by atoms with Gasteiger partial charge in [-0.3, -0.25) is 4.79 Å². The Morgan fingerprint density at radius 1 is 0.677 bits per heavy atom. The van der Waals surface area contributed by atoms with Crippen LogP contribution in [0.2, 0.25) is 0 Å². The lowest BCUT2D eigenvalue weighted by atomic mass is 10.0. The van der Waals surface area contributed by atoms with Crippen LogP contribution in [0, 0.1) is 6.92 Å². The number of hydrogen-bond acceptors (Lipinski definition) is 2. The summed E-state index contributed by atoms with van der Waals surface area (Å²) in [5.41, 5.74) is 3.52. The summed E-state index contributed by atoms with van der Waals surface area (Å²) in [5.74, 6) is 0.0375. The molecule has 0 saturated heterocycles. The van der Waals surface area contributed by atoms with Crippen molar-refractivity contribution in [2.45, 2.75) is 21.8 Å². The number of hydrogen-bond donors (Lipinski definition) is 1. The molecule has 4 aromatic carbocycles. The molecule has 5 aromatic rings. The van der Waals surface area contributed by atoms with Gasteiger partial charge in [0.15, 0.2) is 5.78 Å². The number of carbonyl (C=O) groups is 1. The van der Waals surface area contributed by atoms with E-state index in [-0.39, 0.29) is 5.78 Å². The SMILES string of the molecule is Cc1ccc([SH](c2ccc(C(=O)c3ccccc3)cc2)c2cc3ccccc3o2)cc1. The molecule has 0 bridgehead atoms. The molecule has 0 N–H and O–H groups in total. The van der Waals surface area contributed by atoms with Gasteiger partial charge in [0.1, 0.15) is 10.7 Å². The summed E-state index contributed by atoms with van der Waals surface area (Å²) in [5, 5.41) is 2.06. The van der Waals surface area contributed by atoms with Gasteiger partial charge in [-0.25, -0.2) is 0 Å². The molecule has 152 valence electrons. The van der Waals surface area contributed by atoms with Crippen molar-refractivity contribution in [2.75, 3.05) is 0 Å². The van der Waals surface area contributed by atoms with Gasteiger partial charge in [0, 0.05) is 16.5 Å². The minimum atomic E-state index is -0.869. The van der Waals surface area contributed by atoms with Crippen LogP contribution in [0.25, 0.3) is 11.0 Å². The lowest BCUT2D eigenvalue weighted by Gasteiger charge is -2.20. The monoisotopic (exact) mass is 422 g/mol. The molecule has 0 aliphatic rings. The molecule has 0 radical (unpaired) electrons. The van der Waals surface area contributed by atoms with Crippen molar-refractivity contribution >= 4 is 27.6 Å². The van der Waals surface area contributed by atoms with Crippen molar-refractivity contribution in [3.63, 3.8) is 0 Å². The Bertz CT molecular complexity index is 1300. The highest BCUT2D eigenvalue weighted by molar-refractivity contribution is 8.17. The van der Waals surface area contributed by atoms with Crippen LogP contribution < -0.4 is 0 Å². The van der Waals surface area contributed by atoms with Crippen LogP contribution in [0.15, 0.2) is 128 Å². The fourth-order valence-electron chi connectivity index (χ4n) is 3.69. The second kappa shape index (κ2) is 8.29. The fourth-order valence-corrected chi connectivity index (χ4v) is 5.85. The van der Waals surface area contributed by atoms with Crippen molar-refractivity contribution in [3.8, 4) is 0 Å². The van der Waals surface area contributed by atoms with E-state index < -0.39 is 10.9 Å². The lowest BCUT2D eigenvalue weighted by molar-refractivity contribution is 0.103. The Balaban J connectivity index is 1.56. The number of aryl methyl sites for hydroxylation is 1. The Morgan fingerprint density at radius 3 is 1.94 bits per heavy atom. The zero-order valence-electron chi connectivity index (χ0n) is 17.2. The Labute approximate surface area is 184 Å². The molecule has 0 aliphatic carbocycles. The van der Waals surface area contributed by atoms with Gasteiger partial charge in [-0.15, -0.1) is 10.9 Å². The Morgan fingerprint density at radius 2 is 1.26 bits per heavy atom. The highest BCUT2D eigenvalue weighted by Gasteiger charge is 2.18. The van der Waals surface area contributed by atoms with Crippen molar-refractivity contribution in [1.29, 1.82) is 0 Å². The minimum absolute atomic E-state index is 0.0375. The van der Waals surface area contributed by atoms with Crippen molar-refractivity contribution in [3.05, 3.63) is 126 Å². The van der Waals surface area contributed by atoms with E-state index in [1.807, 2.05) is 60.7 Å². The zero-order chi connectivity index (χ0) is 21.2. The molecule has 1 aromatic heterocycles.